The molecule has 1 unspecified atom stereocenters. The smallest absolute Gasteiger partial charge is 0.0262 e. The summed E-state index contributed by atoms with van der Waals surface area (Å²) in [5.41, 5.74) is 11.1. The van der Waals surface area contributed by atoms with Crippen LogP contribution in [0.3, 0.4) is 0 Å². The summed E-state index contributed by atoms with van der Waals surface area (Å²) in [6.45, 7) is 4.28. The molecule has 1 aliphatic carbocycles. The number of hydrogen-bond donors (Lipinski definition) is 1. The third-order valence-corrected chi connectivity index (χ3v) is 2.83. The van der Waals surface area contributed by atoms with Gasteiger partial charge in [0.2, 0.25) is 0 Å². The second-order valence-electron chi connectivity index (χ2n) is 4.24. The summed E-state index contributed by atoms with van der Waals surface area (Å²) >= 11 is 0. The largest absolute Gasteiger partial charge is 0.324 e. The van der Waals surface area contributed by atoms with Gasteiger partial charge in [0.15, 0.2) is 0 Å². The predicted molar refractivity (Wildman–Crippen MR) is 65.6 cm³/mol. The van der Waals surface area contributed by atoms with E-state index in [0.29, 0.717) is 0 Å². The van der Waals surface area contributed by atoms with E-state index < -0.39 is 0 Å². The quantitative estimate of drug-likeness (QED) is 0.739. The fraction of sp³-hybridized carbons (Fsp3) is 0.286. The molecule has 0 heterocycles. The van der Waals surface area contributed by atoms with Crippen molar-refractivity contribution in [1.29, 1.82) is 0 Å². The first kappa shape index (κ1) is 10.2. The Hall–Kier alpha value is -1.34. The van der Waals surface area contributed by atoms with E-state index in [1.165, 1.54) is 22.3 Å². The summed E-state index contributed by atoms with van der Waals surface area (Å²) in [5, 5.41) is 0. The van der Waals surface area contributed by atoms with Gasteiger partial charge in [0.05, 0.1) is 0 Å². The molecule has 0 aliphatic heterocycles. The van der Waals surface area contributed by atoms with E-state index >= 15 is 0 Å². The van der Waals surface area contributed by atoms with Crippen molar-refractivity contribution >= 4 is 5.57 Å². The fourth-order valence-electron chi connectivity index (χ4n) is 1.97. The van der Waals surface area contributed by atoms with E-state index in [1.807, 2.05) is 0 Å². The number of hydrogen-bond acceptors (Lipinski definition) is 1. The van der Waals surface area contributed by atoms with Crippen LogP contribution in [0, 0.1) is 13.8 Å². The van der Waals surface area contributed by atoms with E-state index in [0.717, 1.165) is 6.42 Å². The Bertz CT molecular complexity index is 427. The lowest BCUT2D eigenvalue weighted by Gasteiger charge is -2.14. The maximum absolute atomic E-state index is 5.81. The third kappa shape index (κ3) is 2.18. The molecule has 1 aliphatic rings. The Labute approximate surface area is 91.3 Å². The van der Waals surface area contributed by atoms with Crippen LogP contribution in [-0.4, -0.2) is 6.04 Å². The first-order chi connectivity index (χ1) is 7.16. The van der Waals surface area contributed by atoms with Crippen molar-refractivity contribution in [2.45, 2.75) is 26.3 Å². The van der Waals surface area contributed by atoms with Gasteiger partial charge in [0.1, 0.15) is 0 Å². The van der Waals surface area contributed by atoms with Gasteiger partial charge in [-0.15, -0.1) is 0 Å². The number of allylic oxidation sites excluding steroid dienone is 2. The molecule has 0 fully saturated rings. The predicted octanol–water partition coefficient (Wildman–Crippen LogP) is 2.97. The fourth-order valence-corrected chi connectivity index (χ4v) is 1.97. The normalized spacial score (nSPS) is 20.2. The zero-order valence-corrected chi connectivity index (χ0v) is 9.33. The molecule has 0 spiro atoms. The van der Waals surface area contributed by atoms with Gasteiger partial charge in [-0.3, -0.25) is 0 Å². The van der Waals surface area contributed by atoms with Crippen LogP contribution in [0.25, 0.3) is 5.57 Å². The van der Waals surface area contributed by atoms with Gasteiger partial charge in [-0.05, 0) is 37.0 Å². The highest BCUT2D eigenvalue weighted by atomic mass is 14.6. The molecule has 0 amide bonds. The molecular weight excluding hydrogens is 182 g/mol. The minimum Gasteiger partial charge on any atom is -0.324 e. The van der Waals surface area contributed by atoms with Gasteiger partial charge in [0, 0.05) is 6.04 Å². The highest BCUT2D eigenvalue weighted by Crippen LogP contribution is 2.24. The van der Waals surface area contributed by atoms with E-state index in [9.17, 15) is 0 Å². The molecular formula is C14H17N. The van der Waals surface area contributed by atoms with Crippen LogP contribution < -0.4 is 5.73 Å². The zero-order valence-electron chi connectivity index (χ0n) is 9.33. The first-order valence-electron chi connectivity index (χ1n) is 5.38. The van der Waals surface area contributed by atoms with Crippen LogP contribution >= 0.6 is 0 Å². The molecule has 1 aromatic rings. The van der Waals surface area contributed by atoms with Crippen LogP contribution in [-0.2, 0) is 0 Å². The third-order valence-electron chi connectivity index (χ3n) is 2.83. The number of benzene rings is 1. The Kier molecular flexibility index (Phi) is 2.74. The Balaban J connectivity index is 2.35. The van der Waals surface area contributed by atoms with Gasteiger partial charge < -0.3 is 5.73 Å². The maximum atomic E-state index is 5.81. The first-order valence-corrected chi connectivity index (χ1v) is 5.38. The minimum absolute atomic E-state index is 0.194. The molecule has 0 aromatic heterocycles. The number of aryl methyl sites for hydroxylation is 2. The van der Waals surface area contributed by atoms with Crippen molar-refractivity contribution in [2.24, 2.45) is 5.73 Å². The molecule has 1 heteroatoms. The van der Waals surface area contributed by atoms with E-state index in [2.05, 4.69) is 50.3 Å². The lowest BCUT2D eigenvalue weighted by atomic mass is 9.93. The van der Waals surface area contributed by atoms with Crippen LogP contribution in [0.5, 0.6) is 0 Å². The summed E-state index contributed by atoms with van der Waals surface area (Å²) in [7, 11) is 0. The average molecular weight is 199 g/mol. The molecule has 0 radical (unpaired) electrons. The molecule has 0 bridgehead atoms. The second-order valence-corrected chi connectivity index (χ2v) is 4.24. The molecule has 0 saturated heterocycles. The monoisotopic (exact) mass is 199 g/mol. The van der Waals surface area contributed by atoms with Crippen molar-refractivity contribution in [3.05, 3.63) is 53.1 Å². The van der Waals surface area contributed by atoms with Crippen LogP contribution in [0.4, 0.5) is 0 Å². The SMILES string of the molecule is Cc1ccc(C2=CCC(N)C=C2)c(C)c1. The minimum atomic E-state index is 0.194. The van der Waals surface area contributed by atoms with Crippen LogP contribution in [0.2, 0.25) is 0 Å². The molecule has 1 aromatic carbocycles. The lowest BCUT2D eigenvalue weighted by molar-refractivity contribution is 0.828. The number of rotatable bonds is 1. The van der Waals surface area contributed by atoms with Crippen molar-refractivity contribution in [2.75, 3.05) is 0 Å². The Morgan fingerprint density at radius 1 is 1.27 bits per heavy atom. The summed E-state index contributed by atoms with van der Waals surface area (Å²) in [5.74, 6) is 0. The van der Waals surface area contributed by atoms with Gasteiger partial charge >= 0.3 is 0 Å². The number of nitrogens with two attached hydrogens (primary N) is 1. The topological polar surface area (TPSA) is 26.0 Å². The van der Waals surface area contributed by atoms with Crippen molar-refractivity contribution in [1.82, 2.24) is 0 Å². The molecule has 2 rings (SSSR count). The van der Waals surface area contributed by atoms with E-state index in [1.54, 1.807) is 0 Å². The van der Waals surface area contributed by atoms with Crippen LogP contribution in [0.15, 0.2) is 36.4 Å². The summed E-state index contributed by atoms with van der Waals surface area (Å²) in [6.07, 6.45) is 7.38. The lowest BCUT2D eigenvalue weighted by Crippen LogP contribution is -2.17. The summed E-state index contributed by atoms with van der Waals surface area (Å²) in [6, 6.07) is 6.77. The van der Waals surface area contributed by atoms with Crippen molar-refractivity contribution in [3.8, 4) is 0 Å². The molecule has 2 N–H and O–H groups in total. The standard InChI is InChI=1S/C14H17N/c1-10-3-8-14(11(2)9-10)12-4-6-13(15)7-5-12/h3-6,8-9,13H,7,15H2,1-2H3. The van der Waals surface area contributed by atoms with Crippen molar-refractivity contribution in [3.63, 3.8) is 0 Å². The van der Waals surface area contributed by atoms with Gasteiger partial charge in [0.25, 0.3) is 0 Å². The molecule has 78 valence electrons. The van der Waals surface area contributed by atoms with Gasteiger partial charge in [-0.25, -0.2) is 0 Å². The van der Waals surface area contributed by atoms with Crippen LogP contribution in [0.1, 0.15) is 23.1 Å². The Morgan fingerprint density at radius 2 is 2.07 bits per heavy atom. The maximum Gasteiger partial charge on any atom is 0.0262 e. The molecule has 0 saturated carbocycles. The molecule has 1 nitrogen and oxygen atoms in total. The summed E-state index contributed by atoms with van der Waals surface area (Å²) in [4.78, 5) is 0. The molecule has 15 heavy (non-hydrogen) atoms. The zero-order chi connectivity index (χ0) is 10.8. The average Bonchev–Trinajstić information content (AvgIpc) is 2.20. The highest BCUT2D eigenvalue weighted by Gasteiger charge is 2.07. The molecule has 1 atom stereocenters. The van der Waals surface area contributed by atoms with Gasteiger partial charge in [-0.1, -0.05) is 42.0 Å². The van der Waals surface area contributed by atoms with E-state index in [-0.39, 0.29) is 6.04 Å². The Morgan fingerprint density at radius 3 is 2.67 bits per heavy atom. The van der Waals surface area contributed by atoms with E-state index in [4.69, 9.17) is 5.73 Å². The second kappa shape index (κ2) is 4.03. The van der Waals surface area contributed by atoms with Crippen molar-refractivity contribution < 1.29 is 0 Å². The highest BCUT2D eigenvalue weighted by molar-refractivity contribution is 5.77. The summed E-state index contributed by atoms with van der Waals surface area (Å²) < 4.78 is 0. The van der Waals surface area contributed by atoms with Gasteiger partial charge in [-0.2, -0.15) is 0 Å².